The number of nitrogens with one attached hydrogen (secondary N) is 1. The number of ether oxygens (including phenoxy) is 1. The number of benzene rings is 2. The number of aromatic nitrogens is 3. The van der Waals surface area contributed by atoms with E-state index in [0.29, 0.717) is 17.3 Å². The molecular weight excluding hydrogens is 323 g/mol. The molecule has 2 heterocycles. The first-order valence-corrected chi connectivity index (χ1v) is 7.87. The monoisotopic (exact) mass is 338 g/mol. The third-order valence-electron chi connectivity index (χ3n) is 4.12. The van der Waals surface area contributed by atoms with Crippen molar-refractivity contribution in [3.63, 3.8) is 0 Å². The summed E-state index contributed by atoms with van der Waals surface area (Å²) in [5.74, 6) is 0.557. The highest BCUT2D eigenvalue weighted by molar-refractivity contribution is 5.91. The molecule has 0 aliphatic carbocycles. The Hall–Kier alpha value is -3.22. The number of amides is 1. The van der Waals surface area contributed by atoms with Crippen LogP contribution in [-0.2, 0) is 11.4 Å². The quantitative estimate of drug-likeness (QED) is 0.794. The van der Waals surface area contributed by atoms with Gasteiger partial charge in [-0.05, 0) is 12.1 Å². The average molecular weight is 338 g/mol. The van der Waals surface area contributed by atoms with E-state index in [-0.39, 0.29) is 30.8 Å². The molecule has 6 nitrogen and oxygen atoms in total. The summed E-state index contributed by atoms with van der Waals surface area (Å²) < 4.78 is 21.3. The number of para-hydroxylation sites is 1. The number of carbonyl (C=O) groups is 1. The third kappa shape index (κ3) is 2.96. The molecule has 0 saturated heterocycles. The molecule has 4 rings (SSSR count). The van der Waals surface area contributed by atoms with E-state index >= 15 is 0 Å². The molecule has 0 radical (unpaired) electrons. The molecule has 1 aliphatic rings. The summed E-state index contributed by atoms with van der Waals surface area (Å²) in [6.45, 7) is 0.104. The first-order valence-electron chi connectivity index (χ1n) is 7.87. The molecule has 1 atom stereocenters. The van der Waals surface area contributed by atoms with Crippen LogP contribution in [0.1, 0.15) is 23.6 Å². The standard InChI is InChI=1S/C18H15FN4O2/c19-14-7-3-1-5-12(14)10-25-16-8-4-2-6-13(16)15-9-17(24)22-18-20-11-21-23(15)18/h1-8,11,15H,9-10H2,(H,20,21,22,24)/t15-/m0/s1. The van der Waals surface area contributed by atoms with Crippen molar-refractivity contribution in [1.29, 1.82) is 0 Å². The van der Waals surface area contributed by atoms with Crippen LogP contribution in [0.3, 0.4) is 0 Å². The summed E-state index contributed by atoms with van der Waals surface area (Å²) in [4.78, 5) is 16.0. The second kappa shape index (κ2) is 6.35. The average Bonchev–Trinajstić information content (AvgIpc) is 3.09. The van der Waals surface area contributed by atoms with Crippen LogP contribution in [0, 0.1) is 5.82 Å². The van der Waals surface area contributed by atoms with Crippen LogP contribution in [0.2, 0.25) is 0 Å². The van der Waals surface area contributed by atoms with Gasteiger partial charge in [-0.3, -0.25) is 10.1 Å². The Morgan fingerprint density at radius 2 is 2.00 bits per heavy atom. The van der Waals surface area contributed by atoms with Gasteiger partial charge < -0.3 is 4.74 Å². The lowest BCUT2D eigenvalue weighted by atomic mass is 10.0. The van der Waals surface area contributed by atoms with Crippen LogP contribution < -0.4 is 10.1 Å². The van der Waals surface area contributed by atoms with Crippen molar-refractivity contribution >= 4 is 11.9 Å². The molecule has 7 heteroatoms. The number of anilines is 1. The number of nitrogens with zero attached hydrogens (tertiary/aromatic N) is 3. The van der Waals surface area contributed by atoms with E-state index < -0.39 is 0 Å². The first kappa shape index (κ1) is 15.3. The second-order valence-electron chi connectivity index (χ2n) is 5.71. The van der Waals surface area contributed by atoms with Gasteiger partial charge in [0.05, 0.1) is 12.5 Å². The molecule has 0 saturated carbocycles. The molecule has 0 unspecified atom stereocenters. The molecule has 1 aromatic heterocycles. The van der Waals surface area contributed by atoms with E-state index in [1.807, 2.05) is 18.2 Å². The summed E-state index contributed by atoms with van der Waals surface area (Å²) >= 11 is 0. The lowest BCUT2D eigenvalue weighted by molar-refractivity contribution is -0.117. The Bertz CT molecular complexity index is 925. The van der Waals surface area contributed by atoms with Gasteiger partial charge in [0.2, 0.25) is 11.9 Å². The van der Waals surface area contributed by atoms with E-state index in [1.165, 1.54) is 12.4 Å². The second-order valence-corrected chi connectivity index (χ2v) is 5.71. The summed E-state index contributed by atoms with van der Waals surface area (Å²) in [6, 6.07) is 13.6. The highest BCUT2D eigenvalue weighted by Gasteiger charge is 2.29. The summed E-state index contributed by atoms with van der Waals surface area (Å²) in [5, 5.41) is 6.88. The lowest BCUT2D eigenvalue weighted by Crippen LogP contribution is -2.29. The zero-order valence-electron chi connectivity index (χ0n) is 13.2. The summed E-state index contributed by atoms with van der Waals surface area (Å²) in [7, 11) is 0. The highest BCUT2D eigenvalue weighted by Crippen LogP contribution is 2.34. The van der Waals surface area contributed by atoms with E-state index in [0.717, 1.165) is 5.56 Å². The summed E-state index contributed by atoms with van der Waals surface area (Å²) in [5.41, 5.74) is 1.28. The topological polar surface area (TPSA) is 69.0 Å². The van der Waals surface area contributed by atoms with Crippen molar-refractivity contribution in [2.24, 2.45) is 0 Å². The van der Waals surface area contributed by atoms with Gasteiger partial charge in [-0.25, -0.2) is 9.07 Å². The number of rotatable bonds is 4. The predicted molar refractivity (Wildman–Crippen MR) is 88.6 cm³/mol. The Balaban J connectivity index is 1.64. The fourth-order valence-electron chi connectivity index (χ4n) is 2.91. The smallest absolute Gasteiger partial charge is 0.229 e. The van der Waals surface area contributed by atoms with Crippen molar-refractivity contribution in [3.8, 4) is 5.75 Å². The highest BCUT2D eigenvalue weighted by atomic mass is 19.1. The molecule has 1 N–H and O–H groups in total. The molecule has 0 fully saturated rings. The van der Waals surface area contributed by atoms with Gasteiger partial charge in [0, 0.05) is 11.1 Å². The van der Waals surface area contributed by atoms with Crippen LogP contribution in [0.4, 0.5) is 10.3 Å². The Morgan fingerprint density at radius 1 is 1.20 bits per heavy atom. The van der Waals surface area contributed by atoms with E-state index in [9.17, 15) is 9.18 Å². The lowest BCUT2D eigenvalue weighted by Gasteiger charge is -2.25. The van der Waals surface area contributed by atoms with Gasteiger partial charge in [0.25, 0.3) is 0 Å². The van der Waals surface area contributed by atoms with Crippen LogP contribution in [0.25, 0.3) is 0 Å². The zero-order chi connectivity index (χ0) is 17.2. The van der Waals surface area contributed by atoms with Crippen LogP contribution in [0.5, 0.6) is 5.75 Å². The van der Waals surface area contributed by atoms with E-state index in [2.05, 4.69) is 15.4 Å². The molecule has 25 heavy (non-hydrogen) atoms. The third-order valence-corrected chi connectivity index (χ3v) is 4.12. The molecular formula is C18H15FN4O2. The van der Waals surface area contributed by atoms with Gasteiger partial charge in [0.1, 0.15) is 24.5 Å². The SMILES string of the molecule is O=C1C[C@@H](c2ccccc2OCc2ccccc2F)n2ncnc2N1. The molecule has 1 aliphatic heterocycles. The van der Waals surface area contributed by atoms with Crippen molar-refractivity contribution < 1.29 is 13.9 Å². The number of halogens is 1. The maximum absolute atomic E-state index is 13.8. The summed E-state index contributed by atoms with van der Waals surface area (Å²) in [6.07, 6.45) is 1.63. The van der Waals surface area contributed by atoms with Crippen molar-refractivity contribution in [3.05, 3.63) is 71.8 Å². The maximum atomic E-state index is 13.8. The van der Waals surface area contributed by atoms with Gasteiger partial charge in [-0.15, -0.1) is 0 Å². The minimum absolute atomic E-state index is 0.104. The Morgan fingerprint density at radius 3 is 2.88 bits per heavy atom. The molecule has 0 bridgehead atoms. The van der Waals surface area contributed by atoms with Gasteiger partial charge in [-0.2, -0.15) is 10.1 Å². The molecule has 0 spiro atoms. The number of fused-ring (bicyclic) bond motifs is 1. The maximum Gasteiger partial charge on any atom is 0.229 e. The van der Waals surface area contributed by atoms with E-state index in [4.69, 9.17) is 4.74 Å². The normalized spacial score (nSPS) is 16.2. The predicted octanol–water partition coefficient (Wildman–Crippen LogP) is 2.93. The Labute approximate surface area is 143 Å². The van der Waals surface area contributed by atoms with Gasteiger partial charge in [0.15, 0.2) is 0 Å². The van der Waals surface area contributed by atoms with Crippen LogP contribution in [-0.4, -0.2) is 20.7 Å². The van der Waals surface area contributed by atoms with Crippen LogP contribution >= 0.6 is 0 Å². The number of hydrogen-bond donors (Lipinski definition) is 1. The minimum atomic E-state index is -0.317. The van der Waals surface area contributed by atoms with Gasteiger partial charge >= 0.3 is 0 Å². The van der Waals surface area contributed by atoms with Gasteiger partial charge in [-0.1, -0.05) is 36.4 Å². The number of hydrogen-bond acceptors (Lipinski definition) is 4. The van der Waals surface area contributed by atoms with Crippen LogP contribution in [0.15, 0.2) is 54.9 Å². The van der Waals surface area contributed by atoms with E-state index in [1.54, 1.807) is 28.9 Å². The van der Waals surface area contributed by atoms with Crippen molar-refractivity contribution in [1.82, 2.24) is 14.8 Å². The molecule has 3 aromatic rings. The van der Waals surface area contributed by atoms with Crippen molar-refractivity contribution in [2.45, 2.75) is 19.1 Å². The van der Waals surface area contributed by atoms with Crippen molar-refractivity contribution in [2.75, 3.05) is 5.32 Å². The minimum Gasteiger partial charge on any atom is -0.488 e. The fraction of sp³-hybridized carbons (Fsp3) is 0.167. The molecule has 126 valence electrons. The number of carbonyl (C=O) groups excluding carboxylic acids is 1. The first-order chi connectivity index (χ1) is 12.2. The fourth-order valence-corrected chi connectivity index (χ4v) is 2.91. The largest absolute Gasteiger partial charge is 0.488 e. The molecule has 2 aromatic carbocycles. The molecule has 1 amide bonds. The zero-order valence-corrected chi connectivity index (χ0v) is 13.2. The Kier molecular flexibility index (Phi) is 3.89.